The number of nitrogens with zero attached hydrogens (tertiary/aromatic N) is 3. The normalized spacial score (nSPS) is 16.4. The van der Waals surface area contributed by atoms with Crippen LogP contribution in [0.15, 0.2) is 49.1 Å². The Labute approximate surface area is 148 Å². The molecule has 6 heteroatoms. The van der Waals surface area contributed by atoms with Gasteiger partial charge in [0.2, 0.25) is 0 Å². The van der Waals surface area contributed by atoms with Crippen molar-refractivity contribution in [3.63, 3.8) is 0 Å². The molecule has 1 unspecified atom stereocenters. The number of piperidine rings is 1. The lowest BCUT2D eigenvalue weighted by atomic mass is 10.0. The van der Waals surface area contributed by atoms with Gasteiger partial charge in [0.15, 0.2) is 0 Å². The van der Waals surface area contributed by atoms with E-state index in [-0.39, 0.29) is 12.0 Å². The highest BCUT2D eigenvalue weighted by atomic mass is 16.5. The second-order valence-corrected chi connectivity index (χ2v) is 6.33. The first kappa shape index (κ1) is 17.4. The standard InChI is InChI=1S/C19H24N4O2/c1-15(25-18-5-3-9-21-14-18)12-22-17-6-10-23(11-7-17)19(24)16-4-2-8-20-13-16/h2-5,8-9,13-15,17,22H,6-7,10-12H2,1H3. The average molecular weight is 340 g/mol. The maximum atomic E-state index is 12.4. The highest BCUT2D eigenvalue weighted by Crippen LogP contribution is 2.14. The highest BCUT2D eigenvalue weighted by Gasteiger charge is 2.23. The Bertz CT molecular complexity index is 658. The van der Waals surface area contributed by atoms with Crippen molar-refractivity contribution in [1.29, 1.82) is 0 Å². The average Bonchev–Trinajstić information content (AvgIpc) is 2.68. The molecule has 0 saturated carbocycles. The molecule has 1 aliphatic rings. The Hall–Kier alpha value is -2.47. The number of hydrogen-bond acceptors (Lipinski definition) is 5. The van der Waals surface area contributed by atoms with E-state index < -0.39 is 0 Å². The van der Waals surface area contributed by atoms with Crippen molar-refractivity contribution in [2.75, 3.05) is 19.6 Å². The Morgan fingerprint density at radius 2 is 1.96 bits per heavy atom. The van der Waals surface area contributed by atoms with Gasteiger partial charge in [-0.3, -0.25) is 14.8 Å². The maximum Gasteiger partial charge on any atom is 0.255 e. The fraction of sp³-hybridized carbons (Fsp3) is 0.421. The predicted molar refractivity (Wildman–Crippen MR) is 95.5 cm³/mol. The van der Waals surface area contributed by atoms with Crippen LogP contribution in [-0.2, 0) is 0 Å². The molecule has 2 aromatic heterocycles. The van der Waals surface area contributed by atoms with Crippen LogP contribution < -0.4 is 10.1 Å². The van der Waals surface area contributed by atoms with Gasteiger partial charge in [0.1, 0.15) is 11.9 Å². The lowest BCUT2D eigenvalue weighted by Crippen LogP contribution is -2.46. The van der Waals surface area contributed by atoms with Gasteiger partial charge in [-0.05, 0) is 44.0 Å². The molecular weight excluding hydrogens is 316 g/mol. The van der Waals surface area contributed by atoms with Crippen molar-refractivity contribution in [2.24, 2.45) is 0 Å². The van der Waals surface area contributed by atoms with Gasteiger partial charge in [-0.2, -0.15) is 0 Å². The van der Waals surface area contributed by atoms with Crippen LogP contribution in [0.2, 0.25) is 0 Å². The summed E-state index contributed by atoms with van der Waals surface area (Å²) in [6, 6.07) is 7.80. The van der Waals surface area contributed by atoms with Crippen LogP contribution >= 0.6 is 0 Å². The lowest BCUT2D eigenvalue weighted by Gasteiger charge is -2.33. The molecule has 6 nitrogen and oxygen atoms in total. The lowest BCUT2D eigenvalue weighted by molar-refractivity contribution is 0.0700. The number of nitrogens with one attached hydrogen (secondary N) is 1. The SMILES string of the molecule is CC(CNC1CCN(C(=O)c2cccnc2)CC1)Oc1cccnc1. The zero-order valence-electron chi connectivity index (χ0n) is 14.5. The number of pyridine rings is 2. The molecule has 0 bridgehead atoms. The zero-order chi connectivity index (χ0) is 17.5. The number of hydrogen-bond donors (Lipinski definition) is 1. The van der Waals surface area contributed by atoms with Crippen LogP contribution in [0.4, 0.5) is 0 Å². The second-order valence-electron chi connectivity index (χ2n) is 6.33. The van der Waals surface area contributed by atoms with Gasteiger partial charge in [-0.25, -0.2) is 0 Å². The summed E-state index contributed by atoms with van der Waals surface area (Å²) in [6.45, 7) is 4.35. The smallest absolute Gasteiger partial charge is 0.255 e. The van der Waals surface area contributed by atoms with Crippen LogP contribution in [0.3, 0.4) is 0 Å². The molecule has 25 heavy (non-hydrogen) atoms. The summed E-state index contributed by atoms with van der Waals surface area (Å²) in [6.07, 6.45) is 8.73. The number of aromatic nitrogens is 2. The van der Waals surface area contributed by atoms with Gasteiger partial charge in [0.25, 0.3) is 5.91 Å². The van der Waals surface area contributed by atoms with E-state index in [1.807, 2.05) is 30.0 Å². The Kier molecular flexibility index (Phi) is 5.95. The highest BCUT2D eigenvalue weighted by molar-refractivity contribution is 5.93. The summed E-state index contributed by atoms with van der Waals surface area (Å²) < 4.78 is 5.83. The van der Waals surface area contributed by atoms with Crippen molar-refractivity contribution in [2.45, 2.75) is 31.9 Å². The van der Waals surface area contributed by atoms with Crippen LogP contribution in [0.25, 0.3) is 0 Å². The molecule has 1 saturated heterocycles. The van der Waals surface area contributed by atoms with Gasteiger partial charge in [-0.15, -0.1) is 0 Å². The number of carbonyl (C=O) groups is 1. The first-order chi connectivity index (χ1) is 12.2. The Balaban J connectivity index is 1.40. The Morgan fingerprint density at radius 1 is 1.24 bits per heavy atom. The van der Waals surface area contributed by atoms with Crippen molar-refractivity contribution in [3.8, 4) is 5.75 Å². The van der Waals surface area contributed by atoms with E-state index in [9.17, 15) is 4.79 Å². The molecular formula is C19H24N4O2. The fourth-order valence-corrected chi connectivity index (χ4v) is 2.98. The molecule has 0 radical (unpaired) electrons. The molecule has 1 atom stereocenters. The van der Waals surface area contributed by atoms with Crippen LogP contribution in [0, 0.1) is 0 Å². The fourth-order valence-electron chi connectivity index (χ4n) is 2.98. The van der Waals surface area contributed by atoms with Crippen molar-refractivity contribution < 1.29 is 9.53 Å². The van der Waals surface area contributed by atoms with Crippen LogP contribution in [0.1, 0.15) is 30.1 Å². The topological polar surface area (TPSA) is 67.4 Å². The van der Waals surface area contributed by atoms with E-state index in [0.29, 0.717) is 11.6 Å². The number of rotatable bonds is 6. The molecule has 0 spiro atoms. The minimum absolute atomic E-state index is 0.0688. The third-order valence-electron chi connectivity index (χ3n) is 4.36. The largest absolute Gasteiger partial charge is 0.488 e. The second kappa shape index (κ2) is 8.58. The maximum absolute atomic E-state index is 12.4. The molecule has 1 N–H and O–H groups in total. The third kappa shape index (κ3) is 5.00. The molecule has 0 aromatic carbocycles. The van der Waals surface area contributed by atoms with Gasteiger partial charge >= 0.3 is 0 Å². The van der Waals surface area contributed by atoms with E-state index >= 15 is 0 Å². The van der Waals surface area contributed by atoms with E-state index in [1.54, 1.807) is 30.9 Å². The Morgan fingerprint density at radius 3 is 2.60 bits per heavy atom. The zero-order valence-corrected chi connectivity index (χ0v) is 14.5. The van der Waals surface area contributed by atoms with E-state index in [2.05, 4.69) is 15.3 Å². The van der Waals surface area contributed by atoms with Gasteiger partial charge in [0.05, 0.1) is 11.8 Å². The van der Waals surface area contributed by atoms with Gasteiger partial charge in [-0.1, -0.05) is 0 Å². The molecule has 1 aliphatic heterocycles. The van der Waals surface area contributed by atoms with Crippen LogP contribution in [-0.4, -0.2) is 52.6 Å². The summed E-state index contributed by atoms with van der Waals surface area (Å²) in [5.41, 5.74) is 0.660. The van der Waals surface area contributed by atoms with E-state index in [4.69, 9.17) is 4.74 Å². The summed E-state index contributed by atoms with van der Waals surface area (Å²) in [7, 11) is 0. The minimum Gasteiger partial charge on any atom is -0.488 e. The minimum atomic E-state index is 0.0688. The van der Waals surface area contributed by atoms with Crippen molar-refractivity contribution in [1.82, 2.24) is 20.2 Å². The number of ether oxygens (including phenoxy) is 1. The predicted octanol–water partition coefficient (Wildman–Crippen LogP) is 2.14. The van der Waals surface area contributed by atoms with Gasteiger partial charge in [0, 0.05) is 44.3 Å². The summed E-state index contributed by atoms with van der Waals surface area (Å²) in [4.78, 5) is 22.4. The molecule has 3 heterocycles. The summed E-state index contributed by atoms with van der Waals surface area (Å²) >= 11 is 0. The first-order valence-electron chi connectivity index (χ1n) is 8.72. The van der Waals surface area contributed by atoms with Crippen LogP contribution in [0.5, 0.6) is 5.75 Å². The molecule has 1 fully saturated rings. The monoisotopic (exact) mass is 340 g/mol. The van der Waals surface area contributed by atoms with E-state index in [0.717, 1.165) is 38.2 Å². The molecule has 0 aliphatic carbocycles. The quantitative estimate of drug-likeness (QED) is 0.873. The molecule has 132 valence electrons. The van der Waals surface area contributed by atoms with E-state index in [1.165, 1.54) is 0 Å². The number of likely N-dealkylation sites (tertiary alicyclic amines) is 1. The summed E-state index contributed by atoms with van der Waals surface area (Å²) in [5, 5.41) is 3.55. The van der Waals surface area contributed by atoms with Gasteiger partial charge < -0.3 is 15.0 Å². The first-order valence-corrected chi connectivity index (χ1v) is 8.72. The molecule has 1 amide bonds. The number of carbonyl (C=O) groups excluding carboxylic acids is 1. The van der Waals surface area contributed by atoms with Crippen molar-refractivity contribution in [3.05, 3.63) is 54.6 Å². The third-order valence-corrected chi connectivity index (χ3v) is 4.36. The van der Waals surface area contributed by atoms with Crippen molar-refractivity contribution >= 4 is 5.91 Å². The summed E-state index contributed by atoms with van der Waals surface area (Å²) in [5.74, 6) is 0.855. The number of amides is 1. The molecule has 2 aromatic rings. The molecule has 3 rings (SSSR count).